The van der Waals surface area contributed by atoms with Crippen molar-refractivity contribution in [2.75, 3.05) is 26.8 Å². The topological polar surface area (TPSA) is 33.3 Å². The van der Waals surface area contributed by atoms with E-state index in [4.69, 9.17) is 17.0 Å². The predicted octanol–water partition coefficient (Wildman–Crippen LogP) is 2.07. The third-order valence-electron chi connectivity index (χ3n) is 3.63. The molecule has 94 valence electrons. The van der Waals surface area contributed by atoms with E-state index in [2.05, 4.69) is 17.6 Å². The lowest BCUT2D eigenvalue weighted by Crippen LogP contribution is -2.42. The minimum atomic E-state index is 0.493. The molecule has 0 aromatic heterocycles. The first-order valence-corrected chi connectivity index (χ1v) is 6.64. The molecule has 0 spiro atoms. The Balaban J connectivity index is 2.19. The van der Waals surface area contributed by atoms with Gasteiger partial charge in [0.25, 0.3) is 0 Å². The number of rotatable bonds is 6. The quantitative estimate of drug-likeness (QED) is 0.553. The zero-order chi connectivity index (χ0) is 11.9. The van der Waals surface area contributed by atoms with Crippen LogP contribution in [0.2, 0.25) is 0 Å². The van der Waals surface area contributed by atoms with E-state index in [9.17, 15) is 0 Å². The molecule has 0 aromatic rings. The van der Waals surface area contributed by atoms with Crippen LogP contribution in [0.4, 0.5) is 0 Å². The number of ether oxygens (including phenoxy) is 1. The van der Waals surface area contributed by atoms with Crippen molar-refractivity contribution in [3.8, 4) is 0 Å². The van der Waals surface area contributed by atoms with Gasteiger partial charge in [0.05, 0.1) is 6.61 Å². The highest BCUT2D eigenvalue weighted by Gasteiger charge is 2.31. The SMILES string of the molecule is CCC1(CNC(=S)NCCOC)CCCC1. The van der Waals surface area contributed by atoms with Crippen LogP contribution in [0.1, 0.15) is 39.0 Å². The largest absolute Gasteiger partial charge is 0.383 e. The molecule has 1 aliphatic carbocycles. The van der Waals surface area contributed by atoms with E-state index < -0.39 is 0 Å². The minimum absolute atomic E-state index is 0.493. The summed E-state index contributed by atoms with van der Waals surface area (Å²) in [5, 5.41) is 7.25. The lowest BCUT2D eigenvalue weighted by Gasteiger charge is -2.28. The highest BCUT2D eigenvalue weighted by atomic mass is 32.1. The third-order valence-corrected chi connectivity index (χ3v) is 3.92. The average Bonchev–Trinajstić information content (AvgIpc) is 2.76. The lowest BCUT2D eigenvalue weighted by atomic mass is 9.83. The molecule has 1 aliphatic rings. The Hall–Kier alpha value is -0.350. The first-order valence-electron chi connectivity index (χ1n) is 6.23. The van der Waals surface area contributed by atoms with Crippen LogP contribution in [-0.4, -0.2) is 31.9 Å². The average molecular weight is 244 g/mol. The first-order chi connectivity index (χ1) is 7.72. The summed E-state index contributed by atoms with van der Waals surface area (Å²) in [4.78, 5) is 0. The maximum Gasteiger partial charge on any atom is 0.166 e. The molecule has 0 heterocycles. The Morgan fingerprint density at radius 3 is 2.56 bits per heavy atom. The number of methoxy groups -OCH3 is 1. The first kappa shape index (κ1) is 13.7. The Kier molecular flexibility index (Phi) is 6.06. The van der Waals surface area contributed by atoms with Crippen LogP contribution < -0.4 is 10.6 Å². The fourth-order valence-corrected chi connectivity index (χ4v) is 2.55. The van der Waals surface area contributed by atoms with E-state index in [-0.39, 0.29) is 0 Å². The van der Waals surface area contributed by atoms with Crippen molar-refractivity contribution in [1.29, 1.82) is 0 Å². The van der Waals surface area contributed by atoms with Gasteiger partial charge >= 0.3 is 0 Å². The van der Waals surface area contributed by atoms with Gasteiger partial charge in [-0.3, -0.25) is 0 Å². The van der Waals surface area contributed by atoms with Gasteiger partial charge in [-0.2, -0.15) is 0 Å². The molecule has 1 rings (SSSR count). The van der Waals surface area contributed by atoms with Crippen molar-refractivity contribution in [3.05, 3.63) is 0 Å². The van der Waals surface area contributed by atoms with Gasteiger partial charge in [-0.15, -0.1) is 0 Å². The van der Waals surface area contributed by atoms with Crippen LogP contribution in [0.15, 0.2) is 0 Å². The number of hydrogen-bond donors (Lipinski definition) is 2. The van der Waals surface area contributed by atoms with Crippen molar-refractivity contribution in [2.24, 2.45) is 5.41 Å². The van der Waals surface area contributed by atoms with Gasteiger partial charge in [-0.1, -0.05) is 19.8 Å². The molecule has 4 heteroatoms. The third kappa shape index (κ3) is 4.26. The van der Waals surface area contributed by atoms with Crippen LogP contribution in [0.5, 0.6) is 0 Å². The normalized spacial score (nSPS) is 18.4. The van der Waals surface area contributed by atoms with Gasteiger partial charge in [-0.05, 0) is 36.9 Å². The van der Waals surface area contributed by atoms with Gasteiger partial charge in [0.2, 0.25) is 0 Å². The van der Waals surface area contributed by atoms with Gasteiger partial charge < -0.3 is 15.4 Å². The number of thiocarbonyl (C=S) groups is 1. The van der Waals surface area contributed by atoms with Crippen LogP contribution in [0.3, 0.4) is 0 Å². The molecule has 2 N–H and O–H groups in total. The lowest BCUT2D eigenvalue weighted by molar-refractivity contribution is 0.203. The molecular formula is C12H24N2OS. The smallest absolute Gasteiger partial charge is 0.166 e. The molecule has 1 saturated carbocycles. The zero-order valence-electron chi connectivity index (χ0n) is 10.5. The van der Waals surface area contributed by atoms with Crippen molar-refractivity contribution in [2.45, 2.75) is 39.0 Å². The Morgan fingerprint density at radius 2 is 2.00 bits per heavy atom. The molecule has 0 saturated heterocycles. The monoisotopic (exact) mass is 244 g/mol. The van der Waals surface area contributed by atoms with Gasteiger partial charge in [-0.25, -0.2) is 0 Å². The van der Waals surface area contributed by atoms with Crippen LogP contribution in [0.25, 0.3) is 0 Å². The van der Waals surface area contributed by atoms with Crippen molar-refractivity contribution < 1.29 is 4.74 Å². The number of hydrogen-bond acceptors (Lipinski definition) is 2. The second kappa shape index (κ2) is 7.07. The van der Waals surface area contributed by atoms with E-state index in [0.717, 1.165) is 18.2 Å². The van der Waals surface area contributed by atoms with E-state index in [0.29, 0.717) is 12.0 Å². The van der Waals surface area contributed by atoms with Crippen LogP contribution in [0, 0.1) is 5.41 Å². The van der Waals surface area contributed by atoms with Crippen molar-refractivity contribution in [1.82, 2.24) is 10.6 Å². The maximum absolute atomic E-state index is 5.22. The summed E-state index contributed by atoms with van der Waals surface area (Å²) in [5.74, 6) is 0. The Bertz CT molecular complexity index is 215. The molecule has 0 unspecified atom stereocenters. The molecule has 0 radical (unpaired) electrons. The fourth-order valence-electron chi connectivity index (χ4n) is 2.38. The van der Waals surface area contributed by atoms with E-state index in [1.165, 1.54) is 32.1 Å². The molecule has 0 aliphatic heterocycles. The van der Waals surface area contributed by atoms with Gasteiger partial charge in [0, 0.05) is 20.2 Å². The molecule has 0 amide bonds. The minimum Gasteiger partial charge on any atom is -0.383 e. The fraction of sp³-hybridized carbons (Fsp3) is 0.917. The molecular weight excluding hydrogens is 220 g/mol. The molecule has 0 aromatic carbocycles. The Morgan fingerprint density at radius 1 is 1.31 bits per heavy atom. The van der Waals surface area contributed by atoms with E-state index in [1.807, 2.05) is 0 Å². The van der Waals surface area contributed by atoms with Gasteiger partial charge in [0.1, 0.15) is 0 Å². The molecule has 0 bridgehead atoms. The summed E-state index contributed by atoms with van der Waals surface area (Å²) in [7, 11) is 1.70. The van der Waals surface area contributed by atoms with Crippen molar-refractivity contribution in [3.63, 3.8) is 0 Å². The summed E-state index contributed by atoms with van der Waals surface area (Å²) >= 11 is 5.22. The Labute approximate surface area is 104 Å². The maximum atomic E-state index is 5.22. The summed E-state index contributed by atoms with van der Waals surface area (Å²) in [6.07, 6.45) is 6.69. The molecule has 1 fully saturated rings. The highest BCUT2D eigenvalue weighted by Crippen LogP contribution is 2.40. The number of nitrogens with one attached hydrogen (secondary N) is 2. The molecule has 3 nitrogen and oxygen atoms in total. The standard InChI is InChI=1S/C12H24N2OS/c1-3-12(6-4-5-7-12)10-14-11(16)13-8-9-15-2/h3-10H2,1-2H3,(H2,13,14,16). The molecule has 0 atom stereocenters. The summed E-state index contributed by atoms with van der Waals surface area (Å²) in [5.41, 5.74) is 0.493. The highest BCUT2D eigenvalue weighted by molar-refractivity contribution is 7.80. The second-order valence-electron chi connectivity index (χ2n) is 4.66. The summed E-state index contributed by atoms with van der Waals surface area (Å²) < 4.78 is 4.96. The second-order valence-corrected chi connectivity index (χ2v) is 5.07. The van der Waals surface area contributed by atoms with Gasteiger partial charge in [0.15, 0.2) is 5.11 Å². The summed E-state index contributed by atoms with van der Waals surface area (Å²) in [6, 6.07) is 0. The van der Waals surface area contributed by atoms with Crippen LogP contribution in [-0.2, 0) is 4.74 Å². The van der Waals surface area contributed by atoms with E-state index >= 15 is 0 Å². The zero-order valence-corrected chi connectivity index (χ0v) is 11.3. The van der Waals surface area contributed by atoms with E-state index in [1.54, 1.807) is 7.11 Å². The summed E-state index contributed by atoms with van der Waals surface area (Å²) in [6.45, 7) is 4.78. The molecule has 16 heavy (non-hydrogen) atoms. The predicted molar refractivity (Wildman–Crippen MR) is 71.7 cm³/mol. The van der Waals surface area contributed by atoms with Crippen molar-refractivity contribution >= 4 is 17.3 Å². The van der Waals surface area contributed by atoms with Crippen LogP contribution >= 0.6 is 12.2 Å².